The summed E-state index contributed by atoms with van der Waals surface area (Å²) in [5.41, 5.74) is 3.50. The fourth-order valence-corrected chi connectivity index (χ4v) is 4.18. The van der Waals surface area contributed by atoms with Gasteiger partial charge in [0, 0.05) is 29.0 Å². The minimum Gasteiger partial charge on any atom is -0.490 e. The van der Waals surface area contributed by atoms with E-state index in [0.29, 0.717) is 39.5 Å². The number of nitrogens with zero attached hydrogens (tertiary/aromatic N) is 3. The van der Waals surface area contributed by atoms with E-state index in [1.165, 1.54) is 0 Å². The number of nitriles is 1. The van der Waals surface area contributed by atoms with E-state index in [1.54, 1.807) is 24.4 Å². The number of rotatable bonds is 6. The molecule has 30 heavy (non-hydrogen) atoms. The number of nitrogens with one attached hydrogen (secondary N) is 1. The molecule has 0 unspecified atom stereocenters. The van der Waals surface area contributed by atoms with Gasteiger partial charge in [-0.25, -0.2) is 0 Å². The quantitative estimate of drug-likeness (QED) is 0.341. The molecule has 154 valence electrons. The third kappa shape index (κ3) is 4.22. The summed E-state index contributed by atoms with van der Waals surface area (Å²) >= 11 is 18.2. The van der Waals surface area contributed by atoms with Gasteiger partial charge in [-0.3, -0.25) is 4.98 Å². The Morgan fingerprint density at radius 2 is 2.07 bits per heavy atom. The lowest BCUT2D eigenvalue weighted by atomic mass is 10.1. The third-order valence-electron chi connectivity index (χ3n) is 5.03. The van der Waals surface area contributed by atoms with Crippen LogP contribution >= 0.6 is 34.8 Å². The van der Waals surface area contributed by atoms with Crippen molar-refractivity contribution in [1.29, 1.82) is 5.26 Å². The van der Waals surface area contributed by atoms with Crippen molar-refractivity contribution in [1.82, 2.24) is 4.98 Å². The highest BCUT2D eigenvalue weighted by Crippen LogP contribution is 2.40. The molecule has 5 nitrogen and oxygen atoms in total. The molecule has 0 amide bonds. The van der Waals surface area contributed by atoms with E-state index in [-0.39, 0.29) is 0 Å². The molecule has 1 aromatic heterocycles. The second kappa shape index (κ2) is 9.18. The van der Waals surface area contributed by atoms with Crippen molar-refractivity contribution in [2.24, 2.45) is 0 Å². The van der Waals surface area contributed by atoms with Gasteiger partial charge in [-0.2, -0.15) is 5.26 Å². The standard InChI is InChI=1S/C22H19Cl3N4O/c23-5-1-2-6-29-7-8-30-21-10-16-19(11-20(21)29)27-13-14(12-26)22(16)28-18-4-3-15(24)9-17(18)25/h3-4,9-11,13H,1-2,5-8H2,(H,27,28). The number of anilines is 3. The largest absolute Gasteiger partial charge is 0.490 e. The number of hydrogen-bond donors (Lipinski definition) is 1. The summed E-state index contributed by atoms with van der Waals surface area (Å²) in [7, 11) is 0. The van der Waals surface area contributed by atoms with Crippen LogP contribution in [0.4, 0.5) is 17.1 Å². The molecule has 4 rings (SSSR count). The predicted octanol–water partition coefficient (Wildman–Crippen LogP) is 6.37. The van der Waals surface area contributed by atoms with Crippen LogP contribution in [0.2, 0.25) is 10.0 Å². The molecule has 0 saturated heterocycles. The molecule has 3 aromatic rings. The van der Waals surface area contributed by atoms with Crippen molar-refractivity contribution in [3.63, 3.8) is 0 Å². The summed E-state index contributed by atoms with van der Waals surface area (Å²) in [6.45, 7) is 2.34. The number of halogens is 3. The van der Waals surface area contributed by atoms with E-state index >= 15 is 0 Å². The zero-order valence-electron chi connectivity index (χ0n) is 16.1. The minimum atomic E-state index is 0.420. The average molecular weight is 462 g/mol. The smallest absolute Gasteiger partial charge is 0.143 e. The van der Waals surface area contributed by atoms with Crippen LogP contribution in [0.3, 0.4) is 0 Å². The van der Waals surface area contributed by atoms with Gasteiger partial charge in [0.15, 0.2) is 0 Å². The number of pyridine rings is 1. The van der Waals surface area contributed by atoms with Gasteiger partial charge in [0.1, 0.15) is 18.4 Å². The first-order valence-electron chi connectivity index (χ1n) is 9.63. The predicted molar refractivity (Wildman–Crippen MR) is 124 cm³/mol. The van der Waals surface area contributed by atoms with E-state index in [0.717, 1.165) is 48.3 Å². The zero-order valence-corrected chi connectivity index (χ0v) is 18.4. The first kappa shape index (κ1) is 20.9. The van der Waals surface area contributed by atoms with Gasteiger partial charge >= 0.3 is 0 Å². The van der Waals surface area contributed by atoms with Crippen molar-refractivity contribution >= 4 is 62.8 Å². The second-order valence-corrected chi connectivity index (χ2v) is 8.20. The summed E-state index contributed by atoms with van der Waals surface area (Å²) in [6.07, 6.45) is 3.56. The monoisotopic (exact) mass is 460 g/mol. The van der Waals surface area contributed by atoms with Crippen molar-refractivity contribution in [3.05, 3.63) is 52.1 Å². The van der Waals surface area contributed by atoms with E-state index < -0.39 is 0 Å². The summed E-state index contributed by atoms with van der Waals surface area (Å²) in [4.78, 5) is 6.81. The van der Waals surface area contributed by atoms with Crippen LogP contribution in [0.25, 0.3) is 10.9 Å². The SMILES string of the molecule is N#Cc1cnc2cc3c(cc2c1Nc1ccc(Cl)cc1Cl)OCCN3CCCCCl. The molecular formula is C22H19Cl3N4O. The average Bonchev–Trinajstić information content (AvgIpc) is 2.75. The molecule has 0 aliphatic carbocycles. The molecule has 0 bridgehead atoms. The number of aromatic nitrogens is 1. The van der Waals surface area contributed by atoms with Crippen LogP contribution in [0.1, 0.15) is 18.4 Å². The number of hydrogen-bond acceptors (Lipinski definition) is 5. The zero-order chi connectivity index (χ0) is 21.1. The number of alkyl halides is 1. The number of benzene rings is 2. The van der Waals surface area contributed by atoms with Crippen LogP contribution < -0.4 is 15.0 Å². The first-order chi connectivity index (χ1) is 14.6. The van der Waals surface area contributed by atoms with Gasteiger partial charge in [0.25, 0.3) is 0 Å². The Hall–Kier alpha value is -2.39. The number of unbranched alkanes of at least 4 members (excludes halogenated alkanes) is 1. The van der Waals surface area contributed by atoms with Crippen molar-refractivity contribution in [2.45, 2.75) is 12.8 Å². The van der Waals surface area contributed by atoms with Gasteiger partial charge in [-0.05, 0) is 43.2 Å². The van der Waals surface area contributed by atoms with Crippen molar-refractivity contribution in [2.75, 3.05) is 35.8 Å². The normalized spacial score (nSPS) is 12.9. The van der Waals surface area contributed by atoms with E-state index in [4.69, 9.17) is 39.5 Å². The highest BCUT2D eigenvalue weighted by atomic mass is 35.5. The topological polar surface area (TPSA) is 61.2 Å². The maximum atomic E-state index is 9.64. The van der Waals surface area contributed by atoms with Crippen LogP contribution in [0.5, 0.6) is 5.75 Å². The number of ether oxygens (including phenoxy) is 1. The van der Waals surface area contributed by atoms with Gasteiger partial charge in [0.2, 0.25) is 0 Å². The highest BCUT2D eigenvalue weighted by molar-refractivity contribution is 6.36. The molecule has 1 N–H and O–H groups in total. The Morgan fingerprint density at radius 3 is 2.83 bits per heavy atom. The molecule has 0 radical (unpaired) electrons. The Labute approximate surface area is 190 Å². The summed E-state index contributed by atoms with van der Waals surface area (Å²) in [5, 5.41) is 14.7. The van der Waals surface area contributed by atoms with Crippen LogP contribution in [0, 0.1) is 11.3 Å². The summed E-state index contributed by atoms with van der Waals surface area (Å²) < 4.78 is 5.94. The van der Waals surface area contributed by atoms with Gasteiger partial charge in [0.05, 0.1) is 39.7 Å². The van der Waals surface area contributed by atoms with Gasteiger partial charge < -0.3 is 15.0 Å². The Kier molecular flexibility index (Phi) is 6.38. The molecule has 1 aliphatic rings. The van der Waals surface area contributed by atoms with Crippen LogP contribution in [-0.4, -0.2) is 30.6 Å². The van der Waals surface area contributed by atoms with Crippen molar-refractivity contribution in [3.8, 4) is 11.8 Å². The van der Waals surface area contributed by atoms with Crippen LogP contribution in [0.15, 0.2) is 36.5 Å². The molecule has 0 fully saturated rings. The molecule has 1 aliphatic heterocycles. The fourth-order valence-electron chi connectivity index (χ4n) is 3.53. The molecule has 2 aromatic carbocycles. The third-order valence-corrected chi connectivity index (χ3v) is 5.85. The maximum absolute atomic E-state index is 9.64. The minimum absolute atomic E-state index is 0.420. The van der Waals surface area contributed by atoms with Crippen LogP contribution in [-0.2, 0) is 0 Å². The van der Waals surface area contributed by atoms with E-state index in [9.17, 15) is 5.26 Å². The van der Waals surface area contributed by atoms with Gasteiger partial charge in [-0.15, -0.1) is 11.6 Å². The molecular weight excluding hydrogens is 443 g/mol. The molecule has 2 heterocycles. The fraction of sp³-hybridized carbons (Fsp3) is 0.273. The summed E-state index contributed by atoms with van der Waals surface area (Å²) in [5.74, 6) is 1.44. The second-order valence-electron chi connectivity index (χ2n) is 6.98. The molecule has 0 saturated carbocycles. The number of fused-ring (bicyclic) bond motifs is 2. The lowest BCUT2D eigenvalue weighted by Gasteiger charge is -2.31. The van der Waals surface area contributed by atoms with E-state index in [2.05, 4.69) is 21.3 Å². The molecule has 0 atom stereocenters. The van der Waals surface area contributed by atoms with Gasteiger partial charge in [-0.1, -0.05) is 23.2 Å². The van der Waals surface area contributed by atoms with Crippen molar-refractivity contribution < 1.29 is 4.74 Å². The summed E-state index contributed by atoms with van der Waals surface area (Å²) in [6, 6.07) is 11.3. The lowest BCUT2D eigenvalue weighted by Crippen LogP contribution is -2.33. The maximum Gasteiger partial charge on any atom is 0.143 e. The highest BCUT2D eigenvalue weighted by Gasteiger charge is 2.21. The Balaban J connectivity index is 1.78. The molecule has 0 spiro atoms. The molecule has 8 heteroatoms. The van der Waals surface area contributed by atoms with E-state index in [1.807, 2.05) is 12.1 Å². The first-order valence-corrected chi connectivity index (χ1v) is 10.9. The Bertz CT molecular complexity index is 1130. The lowest BCUT2D eigenvalue weighted by molar-refractivity contribution is 0.307. The Morgan fingerprint density at radius 1 is 1.20 bits per heavy atom.